The lowest BCUT2D eigenvalue weighted by atomic mass is 9.90. The van der Waals surface area contributed by atoms with E-state index in [0.29, 0.717) is 6.04 Å². The van der Waals surface area contributed by atoms with Crippen molar-refractivity contribution in [2.24, 2.45) is 11.7 Å². The normalized spacial score (nSPS) is 27.9. The summed E-state index contributed by atoms with van der Waals surface area (Å²) in [5.41, 5.74) is 7.42. The topological polar surface area (TPSA) is 41.3 Å². The van der Waals surface area contributed by atoms with Gasteiger partial charge in [-0.15, -0.1) is 0 Å². The van der Waals surface area contributed by atoms with Gasteiger partial charge in [0, 0.05) is 18.6 Å². The minimum absolute atomic E-state index is 0.458. The van der Waals surface area contributed by atoms with Crippen molar-refractivity contribution >= 4 is 0 Å². The first-order valence-electron chi connectivity index (χ1n) is 9.05. The van der Waals surface area contributed by atoms with Gasteiger partial charge in [-0.25, -0.2) is 0 Å². The van der Waals surface area contributed by atoms with Crippen LogP contribution >= 0.6 is 0 Å². The number of piperidine rings is 1. The average molecular weight is 301 g/mol. The van der Waals surface area contributed by atoms with Crippen LogP contribution in [-0.2, 0) is 6.54 Å². The van der Waals surface area contributed by atoms with Crippen LogP contribution in [0.15, 0.2) is 30.3 Å². The highest BCUT2D eigenvalue weighted by Gasteiger charge is 2.22. The van der Waals surface area contributed by atoms with Crippen molar-refractivity contribution in [2.75, 3.05) is 19.6 Å². The van der Waals surface area contributed by atoms with Crippen LogP contribution in [0.3, 0.4) is 0 Å². The van der Waals surface area contributed by atoms with Crippen molar-refractivity contribution in [2.45, 2.75) is 57.2 Å². The third-order valence-electron chi connectivity index (χ3n) is 5.42. The highest BCUT2D eigenvalue weighted by atomic mass is 15.1. The minimum Gasteiger partial charge on any atom is -0.328 e. The Morgan fingerprint density at radius 3 is 2.32 bits per heavy atom. The molecule has 0 unspecified atom stereocenters. The summed E-state index contributed by atoms with van der Waals surface area (Å²) >= 11 is 0. The Kier molecular flexibility index (Phi) is 5.88. The van der Waals surface area contributed by atoms with Crippen LogP contribution in [0.4, 0.5) is 0 Å². The van der Waals surface area contributed by atoms with Crippen molar-refractivity contribution in [3.05, 3.63) is 35.9 Å². The summed E-state index contributed by atoms with van der Waals surface area (Å²) in [6, 6.07) is 12.0. The first kappa shape index (κ1) is 16.0. The largest absolute Gasteiger partial charge is 0.328 e. The van der Waals surface area contributed by atoms with Crippen LogP contribution in [0.2, 0.25) is 0 Å². The van der Waals surface area contributed by atoms with Gasteiger partial charge in [0.15, 0.2) is 0 Å². The molecule has 0 bridgehead atoms. The van der Waals surface area contributed by atoms with Crippen molar-refractivity contribution in [3.63, 3.8) is 0 Å². The predicted molar refractivity (Wildman–Crippen MR) is 92.7 cm³/mol. The van der Waals surface area contributed by atoms with Gasteiger partial charge in [0.25, 0.3) is 0 Å². The van der Waals surface area contributed by atoms with Gasteiger partial charge in [-0.3, -0.25) is 4.90 Å². The van der Waals surface area contributed by atoms with E-state index in [4.69, 9.17) is 5.73 Å². The predicted octanol–water partition coefficient (Wildman–Crippen LogP) is 2.76. The molecule has 3 nitrogen and oxygen atoms in total. The molecule has 0 radical (unpaired) electrons. The molecule has 1 heterocycles. The summed E-state index contributed by atoms with van der Waals surface area (Å²) in [7, 11) is 0. The van der Waals surface area contributed by atoms with Crippen molar-refractivity contribution in [3.8, 4) is 0 Å². The Balaban J connectivity index is 1.33. The fourth-order valence-electron chi connectivity index (χ4n) is 3.85. The first-order valence-corrected chi connectivity index (χ1v) is 9.05. The van der Waals surface area contributed by atoms with E-state index in [1.165, 1.54) is 63.7 Å². The molecule has 122 valence electrons. The third kappa shape index (κ3) is 4.80. The van der Waals surface area contributed by atoms with E-state index >= 15 is 0 Å². The monoisotopic (exact) mass is 301 g/mol. The number of hydrogen-bond donors (Lipinski definition) is 2. The highest BCUT2D eigenvalue weighted by Crippen LogP contribution is 2.21. The maximum atomic E-state index is 5.98. The molecule has 0 aromatic heterocycles. The van der Waals surface area contributed by atoms with Crippen molar-refractivity contribution < 1.29 is 0 Å². The van der Waals surface area contributed by atoms with E-state index in [0.717, 1.165) is 18.5 Å². The quantitative estimate of drug-likeness (QED) is 0.878. The van der Waals surface area contributed by atoms with Crippen LogP contribution in [-0.4, -0.2) is 36.6 Å². The van der Waals surface area contributed by atoms with Crippen LogP contribution in [0.5, 0.6) is 0 Å². The number of rotatable bonds is 5. The zero-order valence-corrected chi connectivity index (χ0v) is 13.7. The first-order chi connectivity index (χ1) is 10.8. The summed E-state index contributed by atoms with van der Waals surface area (Å²) in [5.74, 6) is 0.864. The van der Waals surface area contributed by atoms with Crippen LogP contribution < -0.4 is 11.1 Å². The van der Waals surface area contributed by atoms with Gasteiger partial charge in [-0.2, -0.15) is 0 Å². The van der Waals surface area contributed by atoms with E-state index in [1.54, 1.807) is 0 Å². The molecule has 1 aliphatic heterocycles. The summed E-state index contributed by atoms with van der Waals surface area (Å²) in [5, 5.41) is 3.80. The minimum atomic E-state index is 0.458. The van der Waals surface area contributed by atoms with Crippen molar-refractivity contribution in [1.82, 2.24) is 10.2 Å². The third-order valence-corrected chi connectivity index (χ3v) is 5.42. The molecule has 0 spiro atoms. The number of benzene rings is 1. The number of nitrogens with zero attached hydrogens (tertiary/aromatic N) is 1. The zero-order chi connectivity index (χ0) is 15.2. The van der Waals surface area contributed by atoms with Crippen molar-refractivity contribution in [1.29, 1.82) is 0 Å². The Morgan fingerprint density at radius 2 is 1.64 bits per heavy atom. The SMILES string of the molecule is NC1CCC(NCC2CCN(Cc3ccccc3)CC2)CC1. The van der Waals surface area contributed by atoms with E-state index in [9.17, 15) is 0 Å². The number of nitrogens with one attached hydrogen (secondary N) is 1. The molecule has 22 heavy (non-hydrogen) atoms. The molecule has 1 aliphatic carbocycles. The molecule has 0 amide bonds. The molecule has 3 rings (SSSR count). The second-order valence-electron chi connectivity index (χ2n) is 7.23. The van der Waals surface area contributed by atoms with Gasteiger partial charge >= 0.3 is 0 Å². The molecule has 2 aliphatic rings. The Morgan fingerprint density at radius 1 is 0.955 bits per heavy atom. The van der Waals surface area contributed by atoms with E-state index in [1.807, 2.05) is 0 Å². The molecule has 3 heteroatoms. The second kappa shape index (κ2) is 8.09. The second-order valence-corrected chi connectivity index (χ2v) is 7.23. The van der Waals surface area contributed by atoms with Crippen LogP contribution in [0.1, 0.15) is 44.1 Å². The Hall–Kier alpha value is -0.900. The fourth-order valence-corrected chi connectivity index (χ4v) is 3.85. The number of hydrogen-bond acceptors (Lipinski definition) is 3. The maximum Gasteiger partial charge on any atom is 0.0233 e. The molecule has 0 atom stereocenters. The number of nitrogens with two attached hydrogens (primary N) is 1. The Bertz CT molecular complexity index is 418. The summed E-state index contributed by atoms with van der Waals surface area (Å²) < 4.78 is 0. The molecule has 1 saturated carbocycles. The lowest BCUT2D eigenvalue weighted by Crippen LogP contribution is -2.42. The zero-order valence-electron chi connectivity index (χ0n) is 13.7. The van der Waals surface area contributed by atoms with Gasteiger partial charge in [-0.05, 0) is 69.6 Å². The standard InChI is InChI=1S/C19H31N3/c20-18-6-8-19(9-7-18)21-14-16-10-12-22(13-11-16)15-17-4-2-1-3-5-17/h1-5,16,18-19,21H,6-15,20H2. The Labute approximate surface area is 135 Å². The van der Waals surface area contributed by atoms with Gasteiger partial charge in [0.05, 0.1) is 0 Å². The van der Waals surface area contributed by atoms with E-state index in [-0.39, 0.29) is 0 Å². The van der Waals surface area contributed by atoms with Gasteiger partial charge in [0.2, 0.25) is 0 Å². The summed E-state index contributed by atoms with van der Waals surface area (Å²) in [6.45, 7) is 4.81. The van der Waals surface area contributed by atoms with E-state index < -0.39 is 0 Å². The lowest BCUT2D eigenvalue weighted by Gasteiger charge is -2.34. The summed E-state index contributed by atoms with van der Waals surface area (Å²) in [6.07, 6.45) is 7.63. The smallest absolute Gasteiger partial charge is 0.0233 e. The molecule has 2 fully saturated rings. The molecule has 1 saturated heterocycles. The lowest BCUT2D eigenvalue weighted by molar-refractivity contribution is 0.171. The van der Waals surface area contributed by atoms with Crippen LogP contribution in [0, 0.1) is 5.92 Å². The maximum absolute atomic E-state index is 5.98. The average Bonchev–Trinajstić information content (AvgIpc) is 2.57. The highest BCUT2D eigenvalue weighted by molar-refractivity contribution is 5.14. The number of likely N-dealkylation sites (tertiary alicyclic amines) is 1. The fraction of sp³-hybridized carbons (Fsp3) is 0.684. The molecule has 3 N–H and O–H groups in total. The van der Waals surface area contributed by atoms with Gasteiger partial charge < -0.3 is 11.1 Å². The summed E-state index contributed by atoms with van der Waals surface area (Å²) in [4.78, 5) is 2.60. The van der Waals surface area contributed by atoms with Gasteiger partial charge in [-0.1, -0.05) is 30.3 Å². The molecular weight excluding hydrogens is 270 g/mol. The van der Waals surface area contributed by atoms with E-state index in [2.05, 4.69) is 40.5 Å². The molecular formula is C19H31N3. The van der Waals surface area contributed by atoms with Gasteiger partial charge in [0.1, 0.15) is 0 Å². The molecule has 1 aromatic rings. The molecule has 1 aromatic carbocycles. The van der Waals surface area contributed by atoms with Crippen LogP contribution in [0.25, 0.3) is 0 Å².